The van der Waals surface area contributed by atoms with Crippen LogP contribution in [0.5, 0.6) is 0 Å². The number of ether oxygens (including phenoxy) is 1. The molecule has 0 aliphatic rings. The molecule has 0 unspecified atom stereocenters. The fraction of sp³-hybridized carbons (Fsp3) is 0.125. The molecule has 0 fully saturated rings. The Kier molecular flexibility index (Phi) is 6.87. The molecule has 1 aromatic carbocycles. The molecule has 1 aromatic rings. The highest BCUT2D eigenvalue weighted by atomic mass is 36.0. The van der Waals surface area contributed by atoms with Crippen LogP contribution in [-0.4, -0.2) is 21.6 Å². The third kappa shape index (κ3) is 11.1. The molecule has 1 N–H and O–H groups in total. The molecule has 5 nitrogen and oxygen atoms in total. The van der Waals surface area contributed by atoms with Crippen LogP contribution in [0.15, 0.2) is 30.3 Å². The highest BCUT2D eigenvalue weighted by Gasteiger charge is 1.96. The van der Waals surface area contributed by atoms with Crippen molar-refractivity contribution in [3.8, 4) is 0 Å². The van der Waals surface area contributed by atoms with Crippen LogP contribution >= 0.6 is 21.4 Å². The first-order valence-electron chi connectivity index (χ1n) is 3.87. The summed E-state index contributed by atoms with van der Waals surface area (Å²) in [6.45, 7) is 0. The maximum atomic E-state index is 10.6. The number of methoxy groups -OCH3 is 1. The van der Waals surface area contributed by atoms with Crippen molar-refractivity contribution in [3.05, 3.63) is 30.3 Å². The average Bonchev–Trinajstić information content (AvgIpc) is 2.16. The van der Waals surface area contributed by atoms with Crippen LogP contribution in [0.4, 0.5) is 10.5 Å². The first kappa shape index (κ1) is 15.0. The van der Waals surface area contributed by atoms with Crippen molar-refractivity contribution < 1.29 is 17.9 Å². The topological polar surface area (TPSA) is 72.5 Å². The second-order valence-corrected chi connectivity index (χ2v) is 6.03. The van der Waals surface area contributed by atoms with Crippen LogP contribution in [0.25, 0.3) is 0 Å². The van der Waals surface area contributed by atoms with Gasteiger partial charge in [-0.25, -0.2) is 4.79 Å². The number of anilines is 1. The number of halogens is 2. The van der Waals surface area contributed by atoms with Crippen molar-refractivity contribution in [1.29, 1.82) is 0 Å². The lowest BCUT2D eigenvalue weighted by Crippen LogP contribution is -2.10. The molecule has 0 spiro atoms. The van der Waals surface area contributed by atoms with Gasteiger partial charge in [0.15, 0.2) is 0 Å². The van der Waals surface area contributed by atoms with E-state index in [1.807, 2.05) is 18.2 Å². The summed E-state index contributed by atoms with van der Waals surface area (Å²) in [6.07, 6.45) is -0.448. The molecule has 1 rings (SSSR count). The molecule has 16 heavy (non-hydrogen) atoms. The molecule has 90 valence electrons. The molecule has 0 aromatic heterocycles. The van der Waals surface area contributed by atoms with Crippen molar-refractivity contribution >= 4 is 41.4 Å². The van der Waals surface area contributed by atoms with Crippen LogP contribution in [0, 0.1) is 0 Å². The van der Waals surface area contributed by atoms with Crippen molar-refractivity contribution in [1.82, 2.24) is 0 Å². The second kappa shape index (κ2) is 7.32. The zero-order chi connectivity index (χ0) is 12.6. The van der Waals surface area contributed by atoms with E-state index in [0.717, 1.165) is 5.69 Å². The summed E-state index contributed by atoms with van der Waals surface area (Å²) in [4.78, 5) is 10.6. The smallest absolute Gasteiger partial charge is 0.411 e. The lowest BCUT2D eigenvalue weighted by atomic mass is 10.3. The molecule has 8 heteroatoms. The van der Waals surface area contributed by atoms with E-state index in [-0.39, 0.29) is 0 Å². The van der Waals surface area contributed by atoms with Gasteiger partial charge in [-0.2, -0.15) is 8.42 Å². The van der Waals surface area contributed by atoms with E-state index in [9.17, 15) is 4.79 Å². The maximum absolute atomic E-state index is 10.6. The lowest BCUT2D eigenvalue weighted by molar-refractivity contribution is 0.187. The molecular weight excluding hydrogens is 277 g/mol. The predicted octanol–water partition coefficient (Wildman–Crippen LogP) is 2.57. The Bertz CT molecular complexity index is 413. The normalized spacial score (nSPS) is 9.69. The minimum absolute atomic E-state index is 0.448. The van der Waals surface area contributed by atoms with Crippen LogP contribution in [0.1, 0.15) is 0 Å². The van der Waals surface area contributed by atoms with Crippen LogP contribution < -0.4 is 5.32 Å². The Balaban J connectivity index is 0.000000385. The molecule has 0 saturated carbocycles. The average molecular weight is 286 g/mol. The molecule has 1 amide bonds. The Morgan fingerprint density at radius 1 is 1.25 bits per heavy atom. The minimum Gasteiger partial charge on any atom is -0.453 e. The van der Waals surface area contributed by atoms with Gasteiger partial charge in [0.05, 0.1) is 7.11 Å². The second-order valence-electron chi connectivity index (χ2n) is 2.36. The number of carbonyl (C=O) groups excluding carboxylic acids is 1. The summed E-state index contributed by atoms with van der Waals surface area (Å²) >= 11 is 0. The number of amides is 1. The van der Waals surface area contributed by atoms with E-state index in [1.165, 1.54) is 7.11 Å². The van der Waals surface area contributed by atoms with Gasteiger partial charge in [0.1, 0.15) is 0 Å². The van der Waals surface area contributed by atoms with Crippen LogP contribution in [-0.2, 0) is 13.0 Å². The number of nitrogens with one attached hydrogen (secondary N) is 1. The Labute approximate surface area is 102 Å². The van der Waals surface area contributed by atoms with Crippen molar-refractivity contribution in [3.63, 3.8) is 0 Å². The predicted molar refractivity (Wildman–Crippen MR) is 63.1 cm³/mol. The third-order valence-electron chi connectivity index (χ3n) is 1.21. The van der Waals surface area contributed by atoms with Gasteiger partial charge in [-0.05, 0) is 12.1 Å². The minimum atomic E-state index is -3.72. The van der Waals surface area contributed by atoms with Crippen LogP contribution in [0.2, 0.25) is 0 Å². The number of para-hydroxylation sites is 1. The van der Waals surface area contributed by atoms with Gasteiger partial charge in [0, 0.05) is 27.1 Å². The monoisotopic (exact) mass is 285 g/mol. The quantitative estimate of drug-likeness (QED) is 0.805. The van der Waals surface area contributed by atoms with Crippen molar-refractivity contribution in [2.45, 2.75) is 0 Å². The summed E-state index contributed by atoms with van der Waals surface area (Å²) < 4.78 is 22.7. The summed E-state index contributed by atoms with van der Waals surface area (Å²) in [7, 11) is 6.14. The standard InChI is InChI=1S/C8H9NO2.Cl2O2S/c1-11-8(10)9-7-5-3-2-4-6-7;1-5(2,3)4/h2-6H,1H3,(H,9,10);. The van der Waals surface area contributed by atoms with E-state index in [1.54, 1.807) is 12.1 Å². The number of hydrogen-bond donors (Lipinski definition) is 1. The SMILES string of the molecule is COC(=O)Nc1ccccc1.O=S(=O)(Cl)Cl. The molecule has 0 radical (unpaired) electrons. The number of rotatable bonds is 1. The van der Waals surface area contributed by atoms with Crippen molar-refractivity contribution in [2.24, 2.45) is 0 Å². The van der Waals surface area contributed by atoms with Gasteiger partial charge in [-0.15, -0.1) is 0 Å². The Morgan fingerprint density at radius 3 is 2.06 bits per heavy atom. The molecule has 0 bridgehead atoms. The highest BCUT2D eigenvalue weighted by Crippen LogP contribution is 2.04. The van der Waals surface area contributed by atoms with Gasteiger partial charge in [0.2, 0.25) is 0 Å². The third-order valence-corrected chi connectivity index (χ3v) is 1.21. The maximum Gasteiger partial charge on any atom is 0.411 e. The number of carbonyl (C=O) groups is 1. The van der Waals surface area contributed by atoms with E-state index in [2.05, 4.69) is 31.4 Å². The van der Waals surface area contributed by atoms with Crippen LogP contribution in [0.3, 0.4) is 0 Å². The molecule has 0 heterocycles. The highest BCUT2D eigenvalue weighted by molar-refractivity contribution is 8.31. The zero-order valence-corrected chi connectivity index (χ0v) is 10.5. The van der Waals surface area contributed by atoms with E-state index >= 15 is 0 Å². The zero-order valence-electron chi connectivity index (χ0n) is 8.18. The first-order valence-corrected chi connectivity index (χ1v) is 7.00. The molecule has 0 aliphatic heterocycles. The van der Waals surface area contributed by atoms with E-state index in [0.29, 0.717) is 0 Å². The largest absolute Gasteiger partial charge is 0.453 e. The van der Waals surface area contributed by atoms with Gasteiger partial charge in [0.25, 0.3) is 0 Å². The summed E-state index contributed by atoms with van der Waals surface area (Å²) in [5, 5.41) is 2.53. The Morgan fingerprint density at radius 2 is 1.69 bits per heavy atom. The summed E-state index contributed by atoms with van der Waals surface area (Å²) in [5.74, 6) is 0. The fourth-order valence-electron chi connectivity index (χ4n) is 0.690. The molecular formula is C8H9Cl2NO4S. The Hall–Kier alpha value is -0.980. The van der Waals surface area contributed by atoms with Gasteiger partial charge in [-0.1, -0.05) is 18.2 Å². The molecule has 0 saturated heterocycles. The number of hydrogen-bond acceptors (Lipinski definition) is 4. The van der Waals surface area contributed by atoms with Gasteiger partial charge < -0.3 is 4.74 Å². The molecule has 0 aliphatic carbocycles. The first-order chi connectivity index (χ1) is 7.33. The van der Waals surface area contributed by atoms with E-state index < -0.39 is 14.4 Å². The summed E-state index contributed by atoms with van der Waals surface area (Å²) in [6, 6.07) is 9.13. The molecule has 0 atom stereocenters. The summed E-state index contributed by atoms with van der Waals surface area (Å²) in [5.41, 5.74) is 0.736. The van der Waals surface area contributed by atoms with Gasteiger partial charge in [-0.3, -0.25) is 5.32 Å². The van der Waals surface area contributed by atoms with Gasteiger partial charge >= 0.3 is 14.4 Å². The fourth-order valence-corrected chi connectivity index (χ4v) is 0.690. The van der Waals surface area contributed by atoms with Crippen molar-refractivity contribution in [2.75, 3.05) is 12.4 Å². The van der Waals surface area contributed by atoms with E-state index in [4.69, 9.17) is 8.42 Å². The lowest BCUT2D eigenvalue weighted by Gasteiger charge is -2.01. The number of benzene rings is 1.